The number of fused-ring (bicyclic) bond motifs is 3. The Hall–Kier alpha value is -2.88. The number of carboxylic acid groups (broad SMARTS) is 1. The standard InChI is InChI=1S/C18H15NO3/c1-2-11-3-6-15-14(9-11)13-5-4-12(10-16(13)19-15)17(20)7-8-18(21)22/h3-10,19H,2H2,1H3,(H,21,22)/b8-7+. The summed E-state index contributed by atoms with van der Waals surface area (Å²) < 4.78 is 0. The molecule has 0 spiro atoms. The number of aryl methyl sites for hydroxylation is 1. The van der Waals surface area contributed by atoms with E-state index < -0.39 is 5.97 Å². The van der Waals surface area contributed by atoms with Crippen molar-refractivity contribution in [2.45, 2.75) is 13.3 Å². The Morgan fingerprint density at radius 1 is 1.05 bits per heavy atom. The van der Waals surface area contributed by atoms with E-state index in [9.17, 15) is 9.59 Å². The molecule has 0 saturated carbocycles. The third-order valence-electron chi connectivity index (χ3n) is 3.73. The van der Waals surface area contributed by atoms with Gasteiger partial charge in [-0.05, 0) is 36.3 Å². The fourth-order valence-electron chi connectivity index (χ4n) is 2.57. The van der Waals surface area contributed by atoms with Crippen LogP contribution >= 0.6 is 0 Å². The predicted octanol–water partition coefficient (Wildman–Crippen LogP) is 3.71. The molecule has 3 rings (SSSR count). The molecule has 0 saturated heterocycles. The summed E-state index contributed by atoms with van der Waals surface area (Å²) in [6.07, 6.45) is 2.89. The molecule has 3 aromatic rings. The van der Waals surface area contributed by atoms with Gasteiger partial charge in [-0.25, -0.2) is 4.79 Å². The van der Waals surface area contributed by atoms with Crippen molar-refractivity contribution in [1.29, 1.82) is 0 Å². The van der Waals surface area contributed by atoms with E-state index >= 15 is 0 Å². The van der Waals surface area contributed by atoms with Crippen LogP contribution < -0.4 is 0 Å². The molecule has 0 aliphatic carbocycles. The summed E-state index contributed by atoms with van der Waals surface area (Å²) in [7, 11) is 0. The first-order valence-electron chi connectivity index (χ1n) is 7.08. The fourth-order valence-corrected chi connectivity index (χ4v) is 2.57. The van der Waals surface area contributed by atoms with Gasteiger partial charge >= 0.3 is 5.97 Å². The van der Waals surface area contributed by atoms with Gasteiger partial charge in [0.05, 0.1) is 0 Å². The molecule has 22 heavy (non-hydrogen) atoms. The number of carbonyl (C=O) groups excluding carboxylic acids is 1. The number of aromatic amines is 1. The SMILES string of the molecule is CCc1ccc2[nH]c3cc(C(=O)/C=C/C(=O)O)ccc3c2c1. The molecular formula is C18H15NO3. The molecule has 110 valence electrons. The maximum Gasteiger partial charge on any atom is 0.328 e. The highest BCUT2D eigenvalue weighted by Crippen LogP contribution is 2.27. The average molecular weight is 293 g/mol. The number of H-pyrrole nitrogens is 1. The third kappa shape index (κ3) is 2.51. The smallest absolute Gasteiger partial charge is 0.328 e. The lowest BCUT2D eigenvalue weighted by Crippen LogP contribution is -1.96. The molecule has 0 bridgehead atoms. The zero-order valence-electron chi connectivity index (χ0n) is 12.1. The lowest BCUT2D eigenvalue weighted by atomic mass is 10.0. The zero-order valence-corrected chi connectivity index (χ0v) is 12.1. The summed E-state index contributed by atoms with van der Waals surface area (Å²) >= 11 is 0. The second-order valence-corrected chi connectivity index (χ2v) is 5.15. The quantitative estimate of drug-likeness (QED) is 0.569. The van der Waals surface area contributed by atoms with Crippen molar-refractivity contribution in [3.8, 4) is 0 Å². The Bertz CT molecular complexity index is 919. The first kappa shape index (κ1) is 14.1. The minimum Gasteiger partial charge on any atom is -0.478 e. The molecule has 0 unspecified atom stereocenters. The van der Waals surface area contributed by atoms with Gasteiger partial charge in [0.25, 0.3) is 0 Å². The van der Waals surface area contributed by atoms with Crippen molar-refractivity contribution in [2.24, 2.45) is 0 Å². The number of hydrogen-bond donors (Lipinski definition) is 2. The van der Waals surface area contributed by atoms with Crippen LogP contribution in [0.25, 0.3) is 21.8 Å². The lowest BCUT2D eigenvalue weighted by molar-refractivity contribution is -0.131. The summed E-state index contributed by atoms with van der Waals surface area (Å²) in [6.45, 7) is 2.11. The number of rotatable bonds is 4. The summed E-state index contributed by atoms with van der Waals surface area (Å²) in [5, 5.41) is 10.8. The number of carboxylic acids is 1. The van der Waals surface area contributed by atoms with Gasteiger partial charge in [0, 0.05) is 33.4 Å². The number of carbonyl (C=O) groups is 2. The Balaban J connectivity index is 2.09. The van der Waals surface area contributed by atoms with Crippen LogP contribution in [0.15, 0.2) is 48.6 Å². The molecule has 2 N–H and O–H groups in total. The maximum atomic E-state index is 11.9. The van der Waals surface area contributed by atoms with E-state index in [1.54, 1.807) is 12.1 Å². The predicted molar refractivity (Wildman–Crippen MR) is 86.3 cm³/mol. The fraction of sp³-hybridized carbons (Fsp3) is 0.111. The van der Waals surface area contributed by atoms with E-state index in [2.05, 4.69) is 24.0 Å². The maximum absolute atomic E-state index is 11.9. The van der Waals surface area contributed by atoms with Crippen LogP contribution in [0.4, 0.5) is 0 Å². The van der Waals surface area contributed by atoms with Crippen LogP contribution in [-0.4, -0.2) is 21.8 Å². The Morgan fingerprint density at radius 3 is 2.59 bits per heavy atom. The molecule has 4 heteroatoms. The highest BCUT2D eigenvalue weighted by Gasteiger charge is 2.08. The van der Waals surface area contributed by atoms with E-state index in [0.29, 0.717) is 5.56 Å². The second-order valence-electron chi connectivity index (χ2n) is 5.15. The number of benzene rings is 2. The minimum atomic E-state index is -1.13. The van der Waals surface area contributed by atoms with E-state index in [1.807, 2.05) is 12.1 Å². The first-order chi connectivity index (χ1) is 10.6. The number of aromatic nitrogens is 1. The molecule has 1 heterocycles. The summed E-state index contributed by atoms with van der Waals surface area (Å²) in [6, 6.07) is 11.7. The van der Waals surface area contributed by atoms with Gasteiger partial charge in [-0.15, -0.1) is 0 Å². The van der Waals surface area contributed by atoms with Crippen LogP contribution in [0.3, 0.4) is 0 Å². The van der Waals surface area contributed by atoms with Crippen molar-refractivity contribution < 1.29 is 14.7 Å². The Kier molecular flexibility index (Phi) is 3.51. The van der Waals surface area contributed by atoms with E-state index in [-0.39, 0.29) is 5.78 Å². The van der Waals surface area contributed by atoms with Gasteiger partial charge in [-0.1, -0.05) is 25.1 Å². The normalized spacial score (nSPS) is 11.5. The van der Waals surface area contributed by atoms with Crippen LogP contribution in [0.2, 0.25) is 0 Å². The molecule has 4 nitrogen and oxygen atoms in total. The second kappa shape index (κ2) is 5.48. The summed E-state index contributed by atoms with van der Waals surface area (Å²) in [5.74, 6) is -1.45. The van der Waals surface area contributed by atoms with E-state index in [1.165, 1.54) is 5.56 Å². The van der Waals surface area contributed by atoms with Crippen molar-refractivity contribution in [1.82, 2.24) is 4.98 Å². The lowest BCUT2D eigenvalue weighted by Gasteiger charge is -1.98. The highest BCUT2D eigenvalue weighted by molar-refractivity contribution is 6.12. The largest absolute Gasteiger partial charge is 0.478 e. The van der Waals surface area contributed by atoms with E-state index in [4.69, 9.17) is 5.11 Å². The van der Waals surface area contributed by atoms with Gasteiger partial charge in [-0.2, -0.15) is 0 Å². The van der Waals surface area contributed by atoms with Crippen molar-refractivity contribution in [2.75, 3.05) is 0 Å². The van der Waals surface area contributed by atoms with E-state index in [0.717, 1.165) is 40.4 Å². The van der Waals surface area contributed by atoms with Crippen LogP contribution in [0.1, 0.15) is 22.8 Å². The zero-order chi connectivity index (χ0) is 15.7. The number of nitrogens with one attached hydrogen (secondary N) is 1. The van der Waals surface area contributed by atoms with Gasteiger partial charge < -0.3 is 10.1 Å². The van der Waals surface area contributed by atoms with Crippen LogP contribution in [-0.2, 0) is 11.2 Å². The van der Waals surface area contributed by atoms with Crippen LogP contribution in [0.5, 0.6) is 0 Å². The highest BCUT2D eigenvalue weighted by atomic mass is 16.4. The van der Waals surface area contributed by atoms with Crippen LogP contribution in [0, 0.1) is 0 Å². The van der Waals surface area contributed by atoms with Crippen molar-refractivity contribution in [3.63, 3.8) is 0 Å². The summed E-state index contributed by atoms with van der Waals surface area (Å²) in [4.78, 5) is 25.7. The molecule has 1 aromatic heterocycles. The molecule has 0 aliphatic rings. The monoisotopic (exact) mass is 293 g/mol. The topological polar surface area (TPSA) is 70.2 Å². The number of aliphatic carboxylic acids is 1. The third-order valence-corrected chi connectivity index (χ3v) is 3.73. The van der Waals surface area contributed by atoms with Gasteiger partial charge in [0.15, 0.2) is 5.78 Å². The van der Waals surface area contributed by atoms with Gasteiger partial charge in [-0.3, -0.25) is 4.79 Å². The number of allylic oxidation sites excluding steroid dienone is 1. The Morgan fingerprint density at radius 2 is 1.86 bits per heavy atom. The molecule has 0 amide bonds. The molecule has 0 radical (unpaired) electrons. The minimum absolute atomic E-state index is 0.322. The van der Waals surface area contributed by atoms with Crippen molar-refractivity contribution in [3.05, 3.63) is 59.7 Å². The Labute approximate surface area is 127 Å². The molecular weight excluding hydrogens is 278 g/mol. The van der Waals surface area contributed by atoms with Crippen molar-refractivity contribution >= 4 is 33.6 Å². The molecule has 0 aliphatic heterocycles. The number of ketones is 1. The first-order valence-corrected chi connectivity index (χ1v) is 7.08. The van der Waals surface area contributed by atoms with Gasteiger partial charge in [0.2, 0.25) is 0 Å². The molecule has 0 atom stereocenters. The number of hydrogen-bond acceptors (Lipinski definition) is 2. The summed E-state index contributed by atoms with van der Waals surface area (Å²) in [5.41, 5.74) is 3.63. The van der Waals surface area contributed by atoms with Gasteiger partial charge in [0.1, 0.15) is 0 Å². The molecule has 0 fully saturated rings. The average Bonchev–Trinajstić information content (AvgIpc) is 2.89. The molecule has 2 aromatic carbocycles.